The van der Waals surface area contributed by atoms with E-state index in [0.29, 0.717) is 11.8 Å². The van der Waals surface area contributed by atoms with Gasteiger partial charge in [0.15, 0.2) is 0 Å². The Labute approximate surface area is 295 Å². The minimum atomic E-state index is -0.0812. The molecule has 0 amide bonds. The maximum Gasteiger partial charge on any atom is 0.106 e. The molecular formula is C48H38N2. The molecule has 6 aliphatic carbocycles. The number of fused-ring (bicyclic) bond motifs is 5. The molecule has 0 fully saturated rings. The lowest BCUT2D eigenvalue weighted by Gasteiger charge is -2.45. The lowest BCUT2D eigenvalue weighted by Crippen LogP contribution is -2.41. The summed E-state index contributed by atoms with van der Waals surface area (Å²) in [5, 5.41) is 0. The van der Waals surface area contributed by atoms with Gasteiger partial charge in [-0.15, -0.1) is 0 Å². The predicted molar refractivity (Wildman–Crippen MR) is 204 cm³/mol. The van der Waals surface area contributed by atoms with E-state index in [2.05, 4.69) is 163 Å². The molecule has 2 aliphatic heterocycles. The number of hydrogen-bond acceptors (Lipinski definition) is 2. The van der Waals surface area contributed by atoms with E-state index < -0.39 is 0 Å². The Hall–Kier alpha value is -5.39. The Kier molecular flexibility index (Phi) is 6.01. The largest absolute Gasteiger partial charge is 0.326 e. The van der Waals surface area contributed by atoms with Crippen molar-refractivity contribution in [1.29, 1.82) is 0 Å². The number of nitrogens with zero attached hydrogens (tertiary/aromatic N) is 2. The number of rotatable bonds is 3. The predicted octanol–water partition coefficient (Wildman–Crippen LogP) is 10.0. The van der Waals surface area contributed by atoms with Crippen molar-refractivity contribution in [2.45, 2.75) is 44.2 Å². The Balaban J connectivity index is 1.13. The van der Waals surface area contributed by atoms with Gasteiger partial charge in [-0.25, -0.2) is 0 Å². The third-order valence-electron chi connectivity index (χ3n) is 12.7. The molecule has 240 valence electrons. The van der Waals surface area contributed by atoms with Crippen molar-refractivity contribution in [3.63, 3.8) is 0 Å². The van der Waals surface area contributed by atoms with Crippen LogP contribution in [0.15, 0.2) is 173 Å². The second kappa shape index (κ2) is 10.6. The van der Waals surface area contributed by atoms with Gasteiger partial charge in [0.25, 0.3) is 0 Å². The summed E-state index contributed by atoms with van der Waals surface area (Å²) in [6.45, 7) is 2.42. The summed E-state index contributed by atoms with van der Waals surface area (Å²) in [6, 6.07) is 31.2. The monoisotopic (exact) mass is 642 g/mol. The Morgan fingerprint density at radius 1 is 0.860 bits per heavy atom. The molecule has 8 aliphatic rings. The van der Waals surface area contributed by atoms with Crippen LogP contribution in [0.5, 0.6) is 0 Å². The molecule has 0 spiro atoms. The van der Waals surface area contributed by atoms with E-state index >= 15 is 0 Å². The average Bonchev–Trinajstić information content (AvgIpc) is 3.44. The molecule has 7 atom stereocenters. The number of hydrogen-bond donors (Lipinski definition) is 0. The van der Waals surface area contributed by atoms with Crippen LogP contribution in [-0.2, 0) is 0 Å². The normalized spacial score (nSPS) is 32.0. The van der Waals surface area contributed by atoms with Gasteiger partial charge in [0.1, 0.15) is 6.04 Å². The fraction of sp³-hybridized carbons (Fsp3) is 0.229. The zero-order valence-electron chi connectivity index (χ0n) is 28.3. The van der Waals surface area contributed by atoms with E-state index in [-0.39, 0.29) is 29.3 Å². The van der Waals surface area contributed by atoms with Crippen LogP contribution in [0, 0.1) is 35.0 Å². The summed E-state index contributed by atoms with van der Waals surface area (Å²) in [6.07, 6.45) is 24.7. The second-order valence-corrected chi connectivity index (χ2v) is 15.3. The summed E-state index contributed by atoms with van der Waals surface area (Å²) in [7, 11) is 0. The smallest absolute Gasteiger partial charge is 0.106 e. The molecular weight excluding hydrogens is 605 g/mol. The van der Waals surface area contributed by atoms with Gasteiger partial charge in [0.05, 0.1) is 6.04 Å². The summed E-state index contributed by atoms with van der Waals surface area (Å²) in [4.78, 5) is 8.34. The Morgan fingerprint density at radius 3 is 2.48 bits per heavy atom. The van der Waals surface area contributed by atoms with Crippen LogP contribution < -0.4 is 0 Å². The summed E-state index contributed by atoms with van der Waals surface area (Å²) >= 11 is 0. The van der Waals surface area contributed by atoms with Gasteiger partial charge in [0, 0.05) is 40.3 Å². The minimum absolute atomic E-state index is 0.0369. The molecule has 2 heterocycles. The first kappa shape index (κ1) is 28.4. The molecule has 0 saturated heterocycles. The van der Waals surface area contributed by atoms with Crippen LogP contribution in [-0.4, -0.2) is 22.7 Å². The van der Waals surface area contributed by atoms with Crippen molar-refractivity contribution < 1.29 is 0 Å². The SMILES string of the molecule is CC12C=CC=C3c4ccccc4C4=CC#CC5C4C(=C(C=C1)N5C1=CC4N=C(c5ccccc5)CC(c5ccccc5)C4C4=C1CCC=C4)C32. The number of allylic oxidation sites excluding steroid dienone is 10. The fourth-order valence-electron chi connectivity index (χ4n) is 10.6. The molecule has 0 saturated carbocycles. The lowest BCUT2D eigenvalue weighted by molar-refractivity contribution is 0.363. The minimum Gasteiger partial charge on any atom is -0.326 e. The van der Waals surface area contributed by atoms with Crippen LogP contribution >= 0.6 is 0 Å². The number of benzene rings is 3. The first-order chi connectivity index (χ1) is 24.7. The van der Waals surface area contributed by atoms with Crippen molar-refractivity contribution in [3.05, 3.63) is 190 Å². The van der Waals surface area contributed by atoms with Gasteiger partial charge in [-0.05, 0) is 93.5 Å². The number of aliphatic imine (C=N–C) groups is 1. The van der Waals surface area contributed by atoms with Gasteiger partial charge in [-0.3, -0.25) is 4.99 Å². The topological polar surface area (TPSA) is 15.6 Å². The van der Waals surface area contributed by atoms with E-state index in [4.69, 9.17) is 4.99 Å². The van der Waals surface area contributed by atoms with Gasteiger partial charge in [-0.1, -0.05) is 140 Å². The molecule has 3 aromatic carbocycles. The molecule has 7 unspecified atom stereocenters. The highest BCUT2D eigenvalue weighted by Gasteiger charge is 2.55. The van der Waals surface area contributed by atoms with Crippen LogP contribution in [0.1, 0.15) is 54.4 Å². The van der Waals surface area contributed by atoms with Gasteiger partial charge in [-0.2, -0.15) is 0 Å². The quantitative estimate of drug-likeness (QED) is 0.260. The third kappa shape index (κ3) is 3.90. The van der Waals surface area contributed by atoms with Crippen molar-refractivity contribution >= 4 is 16.9 Å². The zero-order valence-corrected chi connectivity index (χ0v) is 28.3. The molecule has 0 bridgehead atoms. The van der Waals surface area contributed by atoms with E-state index in [0.717, 1.165) is 19.3 Å². The van der Waals surface area contributed by atoms with Gasteiger partial charge in [0.2, 0.25) is 0 Å². The molecule has 2 nitrogen and oxygen atoms in total. The van der Waals surface area contributed by atoms with Crippen LogP contribution in [0.2, 0.25) is 0 Å². The standard InChI is InChI=1S/C48H38N2/c1-48-26-13-23-37-33-19-9-8-18-32(33)35-22-12-24-41-45(35)46(47(37)48)42(25-27-48)50(41)43-29-40-44(36-21-11-10-20-34(36)43)38(30-14-4-2-5-15-30)28-39(49-40)31-16-6-3-7-17-31/h2-9,11,13-19,21-23,25-27,29,38,40-41,44-45,47H,10,20,28H2,1H3. The lowest BCUT2D eigenvalue weighted by atomic mass is 9.62. The molecule has 2 heteroatoms. The van der Waals surface area contributed by atoms with Crippen LogP contribution in [0.25, 0.3) is 11.1 Å². The van der Waals surface area contributed by atoms with Gasteiger partial charge < -0.3 is 4.90 Å². The first-order valence-electron chi connectivity index (χ1n) is 18.4. The first-order valence-corrected chi connectivity index (χ1v) is 18.4. The molecule has 11 rings (SSSR count). The van der Waals surface area contributed by atoms with Crippen molar-refractivity contribution in [1.82, 2.24) is 4.90 Å². The molecule has 50 heavy (non-hydrogen) atoms. The van der Waals surface area contributed by atoms with E-state index in [1.54, 1.807) is 5.57 Å². The third-order valence-corrected chi connectivity index (χ3v) is 12.7. The van der Waals surface area contributed by atoms with Crippen molar-refractivity contribution in [2.75, 3.05) is 0 Å². The van der Waals surface area contributed by atoms with Crippen molar-refractivity contribution in [3.8, 4) is 11.8 Å². The average molecular weight is 643 g/mol. The molecule has 0 aromatic heterocycles. The van der Waals surface area contributed by atoms with E-state index in [9.17, 15) is 0 Å². The highest BCUT2D eigenvalue weighted by atomic mass is 15.2. The van der Waals surface area contributed by atoms with Crippen LogP contribution in [0.4, 0.5) is 0 Å². The Morgan fingerprint density at radius 2 is 1.64 bits per heavy atom. The molecule has 3 aromatic rings. The van der Waals surface area contributed by atoms with E-state index in [1.165, 1.54) is 61.7 Å². The van der Waals surface area contributed by atoms with Gasteiger partial charge >= 0.3 is 0 Å². The summed E-state index contributed by atoms with van der Waals surface area (Å²) in [5.74, 6) is 8.51. The summed E-state index contributed by atoms with van der Waals surface area (Å²) < 4.78 is 0. The molecule has 0 radical (unpaired) electrons. The molecule has 0 N–H and O–H groups in total. The highest BCUT2D eigenvalue weighted by molar-refractivity contribution is 6.02. The second-order valence-electron chi connectivity index (χ2n) is 15.3. The van der Waals surface area contributed by atoms with E-state index in [1.807, 2.05) is 0 Å². The Bertz CT molecular complexity index is 2340. The zero-order chi connectivity index (χ0) is 33.0. The maximum atomic E-state index is 5.66. The van der Waals surface area contributed by atoms with Crippen LogP contribution in [0.3, 0.4) is 0 Å². The highest BCUT2D eigenvalue weighted by Crippen LogP contribution is 2.63. The fourth-order valence-corrected chi connectivity index (χ4v) is 10.6. The maximum absolute atomic E-state index is 5.66. The van der Waals surface area contributed by atoms with Crippen molar-refractivity contribution in [2.24, 2.45) is 28.2 Å². The summed E-state index contributed by atoms with van der Waals surface area (Å²) in [5.41, 5.74) is 16.5.